The van der Waals surface area contributed by atoms with Crippen LogP contribution in [0.3, 0.4) is 0 Å². The Labute approximate surface area is 224 Å². The number of carbonyl (C=O) groups is 2. The lowest BCUT2D eigenvalue weighted by Gasteiger charge is -2.15. The molecule has 0 aromatic carbocycles. The topological polar surface area (TPSA) is 220 Å². The molecule has 0 bridgehead atoms. The quantitative estimate of drug-likeness (QED) is 0.0432. The first-order valence-electron chi connectivity index (χ1n) is 12.7. The van der Waals surface area contributed by atoms with E-state index in [0.717, 1.165) is 12.8 Å². The normalized spacial score (nSPS) is 13.7. The summed E-state index contributed by atoms with van der Waals surface area (Å²) in [6.07, 6.45) is 1.25. The van der Waals surface area contributed by atoms with E-state index in [1.165, 1.54) is 0 Å². The van der Waals surface area contributed by atoms with Crippen LogP contribution < -0.4 is 16.8 Å². The van der Waals surface area contributed by atoms with Crippen LogP contribution in [0, 0.1) is 0 Å². The molecular formula is C22H46N3O12P. The summed E-state index contributed by atoms with van der Waals surface area (Å²) in [6, 6.07) is 0. The van der Waals surface area contributed by atoms with Crippen LogP contribution in [-0.4, -0.2) is 120 Å². The zero-order chi connectivity index (χ0) is 28.3. The molecular weight excluding hydrogens is 529 g/mol. The average molecular weight is 576 g/mol. The highest BCUT2D eigenvalue weighted by molar-refractivity contribution is 7.47. The Morgan fingerprint density at radius 2 is 1.34 bits per heavy atom. The molecule has 1 unspecified atom stereocenters. The van der Waals surface area contributed by atoms with E-state index in [1.54, 1.807) is 0 Å². The smallest absolute Gasteiger partial charge is 0.463 e. The van der Waals surface area contributed by atoms with Crippen LogP contribution in [0.1, 0.15) is 32.1 Å². The van der Waals surface area contributed by atoms with E-state index in [2.05, 4.69) is 9.84 Å². The maximum Gasteiger partial charge on any atom is 0.472 e. The number of unbranched alkanes of at least 4 members (excludes halogenated alkanes) is 2. The average Bonchev–Trinajstić information content (AvgIpc) is 2.89. The highest BCUT2D eigenvalue weighted by Crippen LogP contribution is 2.42. The maximum absolute atomic E-state index is 11.8. The van der Waals surface area contributed by atoms with Crippen molar-refractivity contribution in [2.45, 2.75) is 38.2 Å². The number of nitrogens with two attached hydrogens (primary N) is 2. The van der Waals surface area contributed by atoms with Gasteiger partial charge in [-0.05, 0) is 19.4 Å². The summed E-state index contributed by atoms with van der Waals surface area (Å²) in [4.78, 5) is 32.9. The van der Waals surface area contributed by atoms with Crippen molar-refractivity contribution in [2.75, 3.05) is 92.3 Å². The first-order chi connectivity index (χ1) is 18.3. The fourth-order valence-corrected chi connectivity index (χ4v) is 3.32. The summed E-state index contributed by atoms with van der Waals surface area (Å²) < 4.78 is 47.2. The second kappa shape index (κ2) is 26.0. The van der Waals surface area contributed by atoms with E-state index < -0.39 is 26.5 Å². The molecule has 0 aliphatic rings. The number of carbonyl (C=O) groups excluding carboxylic acids is 2. The molecule has 0 saturated heterocycles. The van der Waals surface area contributed by atoms with Crippen LogP contribution in [0.5, 0.6) is 0 Å². The molecule has 0 aromatic heterocycles. The Kier molecular flexibility index (Phi) is 25.2. The molecule has 1 amide bonds. The van der Waals surface area contributed by atoms with E-state index in [4.69, 9.17) is 39.7 Å². The van der Waals surface area contributed by atoms with Gasteiger partial charge in [-0.2, -0.15) is 0 Å². The molecule has 226 valence electrons. The Hall–Kier alpha value is -1.23. The number of aliphatic hydroxyl groups excluding tert-OH is 1. The zero-order valence-electron chi connectivity index (χ0n) is 22.1. The number of ether oxygens (including phenoxy) is 5. The van der Waals surface area contributed by atoms with Crippen molar-refractivity contribution in [3.63, 3.8) is 0 Å². The molecule has 0 aliphatic carbocycles. The van der Waals surface area contributed by atoms with Crippen molar-refractivity contribution in [1.82, 2.24) is 5.32 Å². The molecule has 15 nitrogen and oxygen atoms in total. The van der Waals surface area contributed by atoms with Crippen molar-refractivity contribution in [3.8, 4) is 0 Å². The number of esters is 1. The molecule has 0 aliphatic heterocycles. The number of hydrogen-bond donors (Lipinski definition) is 5. The van der Waals surface area contributed by atoms with Gasteiger partial charge in [0.1, 0.15) is 12.7 Å². The maximum atomic E-state index is 11.8. The number of rotatable bonds is 28. The van der Waals surface area contributed by atoms with E-state index in [-0.39, 0.29) is 45.1 Å². The van der Waals surface area contributed by atoms with Crippen LogP contribution in [0.15, 0.2) is 0 Å². The third kappa shape index (κ3) is 26.4. The summed E-state index contributed by atoms with van der Waals surface area (Å²) in [6.45, 7) is 2.96. The van der Waals surface area contributed by atoms with Gasteiger partial charge in [0.2, 0.25) is 5.91 Å². The Bertz CT molecular complexity index is 632. The highest BCUT2D eigenvalue weighted by Gasteiger charge is 2.23. The summed E-state index contributed by atoms with van der Waals surface area (Å²) in [5, 5.41) is 12.2. The molecule has 7 N–H and O–H groups in total. The van der Waals surface area contributed by atoms with Crippen LogP contribution in [0.2, 0.25) is 0 Å². The Balaban J connectivity index is 3.61. The fourth-order valence-electron chi connectivity index (χ4n) is 2.57. The van der Waals surface area contributed by atoms with Gasteiger partial charge in [-0.25, -0.2) is 4.57 Å². The van der Waals surface area contributed by atoms with Crippen LogP contribution in [0.25, 0.3) is 0 Å². The molecule has 2 atom stereocenters. The van der Waals surface area contributed by atoms with E-state index in [0.29, 0.717) is 65.8 Å². The summed E-state index contributed by atoms with van der Waals surface area (Å²) in [5.74, 6) is -0.810. The predicted octanol–water partition coefficient (Wildman–Crippen LogP) is -0.925. The molecule has 0 saturated carbocycles. The third-order valence-corrected chi connectivity index (χ3v) is 5.47. The number of phosphoric acid groups is 1. The zero-order valence-corrected chi connectivity index (χ0v) is 23.0. The highest BCUT2D eigenvalue weighted by atomic mass is 31.2. The Morgan fingerprint density at radius 1 is 0.737 bits per heavy atom. The minimum atomic E-state index is -4.45. The van der Waals surface area contributed by atoms with Gasteiger partial charge in [-0.3, -0.25) is 18.6 Å². The van der Waals surface area contributed by atoms with Gasteiger partial charge in [0.05, 0.1) is 66.1 Å². The lowest BCUT2D eigenvalue weighted by Crippen LogP contribution is -2.28. The minimum Gasteiger partial charge on any atom is -0.463 e. The van der Waals surface area contributed by atoms with Gasteiger partial charge >= 0.3 is 13.8 Å². The number of phosphoric ester groups is 1. The van der Waals surface area contributed by atoms with Crippen molar-refractivity contribution in [2.24, 2.45) is 11.5 Å². The summed E-state index contributed by atoms with van der Waals surface area (Å²) in [7, 11) is -4.45. The molecule has 0 fully saturated rings. The van der Waals surface area contributed by atoms with Crippen LogP contribution >= 0.6 is 7.82 Å². The summed E-state index contributed by atoms with van der Waals surface area (Å²) >= 11 is 0. The van der Waals surface area contributed by atoms with Gasteiger partial charge in [-0.15, -0.1) is 0 Å². The lowest BCUT2D eigenvalue weighted by molar-refractivity contribution is -0.147. The van der Waals surface area contributed by atoms with Crippen molar-refractivity contribution < 1.29 is 56.9 Å². The second-order valence-corrected chi connectivity index (χ2v) is 9.33. The number of nitrogens with one attached hydrogen (secondary N) is 1. The molecule has 0 spiro atoms. The van der Waals surface area contributed by atoms with Gasteiger partial charge in [0, 0.05) is 25.9 Å². The van der Waals surface area contributed by atoms with Gasteiger partial charge in [0.15, 0.2) is 0 Å². The Morgan fingerprint density at radius 3 is 1.95 bits per heavy atom. The second-order valence-electron chi connectivity index (χ2n) is 7.87. The predicted molar refractivity (Wildman–Crippen MR) is 136 cm³/mol. The molecule has 0 aromatic rings. The molecule has 0 radical (unpaired) electrons. The van der Waals surface area contributed by atoms with E-state index in [9.17, 15) is 24.2 Å². The molecule has 16 heteroatoms. The first kappa shape index (κ1) is 36.8. The van der Waals surface area contributed by atoms with Gasteiger partial charge < -0.3 is 50.5 Å². The van der Waals surface area contributed by atoms with E-state index in [1.807, 2.05) is 0 Å². The third-order valence-electron chi connectivity index (χ3n) is 4.48. The van der Waals surface area contributed by atoms with Crippen molar-refractivity contribution >= 4 is 19.7 Å². The van der Waals surface area contributed by atoms with Crippen LogP contribution in [-0.2, 0) is 46.9 Å². The lowest BCUT2D eigenvalue weighted by atomic mass is 10.2. The van der Waals surface area contributed by atoms with Gasteiger partial charge in [0.25, 0.3) is 0 Å². The first-order valence-corrected chi connectivity index (χ1v) is 14.2. The van der Waals surface area contributed by atoms with Gasteiger partial charge in [-0.1, -0.05) is 6.42 Å². The number of aliphatic hydroxyl groups is 1. The number of amides is 1. The van der Waals surface area contributed by atoms with Crippen molar-refractivity contribution in [1.29, 1.82) is 0 Å². The largest absolute Gasteiger partial charge is 0.472 e. The monoisotopic (exact) mass is 575 g/mol. The fraction of sp³-hybridized carbons (Fsp3) is 0.909. The SMILES string of the molecule is NCCCCCC(=O)OC[C@@H](O)COP(=O)(O)OCCNC(=O)CCOCCOCCOCCOCCN. The minimum absolute atomic E-state index is 0.0303. The summed E-state index contributed by atoms with van der Waals surface area (Å²) in [5.41, 5.74) is 10.7. The van der Waals surface area contributed by atoms with E-state index >= 15 is 0 Å². The molecule has 0 heterocycles. The van der Waals surface area contributed by atoms with Crippen molar-refractivity contribution in [3.05, 3.63) is 0 Å². The molecule has 0 rings (SSSR count). The molecule has 38 heavy (non-hydrogen) atoms. The van der Waals surface area contributed by atoms with Crippen LogP contribution in [0.4, 0.5) is 0 Å². The standard InChI is InChI=1S/C22H46N3O12P/c23-6-3-1-2-4-22(28)35-18-20(26)19-37-38(29,30)36-11-8-25-21(27)5-9-31-12-14-33-16-17-34-15-13-32-10-7-24/h20,26H,1-19,23-24H2,(H,25,27)(H,29,30)/t20-/m1/s1. The number of hydrogen-bond acceptors (Lipinski definition) is 13.